The van der Waals surface area contributed by atoms with Gasteiger partial charge in [0.15, 0.2) is 0 Å². The number of aliphatic hydroxyl groups is 1. The third-order valence-electron chi connectivity index (χ3n) is 2.36. The molecule has 5 nitrogen and oxygen atoms in total. The van der Waals surface area contributed by atoms with Crippen LogP contribution >= 0.6 is 0 Å². The summed E-state index contributed by atoms with van der Waals surface area (Å²) in [7, 11) is 0. The van der Waals surface area contributed by atoms with E-state index in [1.165, 1.54) is 0 Å². The van der Waals surface area contributed by atoms with Crippen LogP contribution in [0.5, 0.6) is 0 Å². The molecule has 2 amide bonds. The molecule has 0 bridgehead atoms. The molecule has 0 aromatic carbocycles. The number of carbonyl (C=O) groups excluding carboxylic acids is 1. The molecule has 1 aliphatic carbocycles. The van der Waals surface area contributed by atoms with Gasteiger partial charge < -0.3 is 10.4 Å². The summed E-state index contributed by atoms with van der Waals surface area (Å²) in [6, 6.07) is 5.34. The van der Waals surface area contributed by atoms with Crippen LogP contribution in [0, 0.1) is 11.8 Å². The normalized spacial score (nSPS) is 13.4. The van der Waals surface area contributed by atoms with Gasteiger partial charge in [-0.15, -0.1) is 0 Å². The van der Waals surface area contributed by atoms with Gasteiger partial charge in [-0.25, -0.2) is 9.78 Å². The molecule has 1 saturated carbocycles. The number of nitrogens with one attached hydrogen (secondary N) is 2. The van der Waals surface area contributed by atoms with Crippen LogP contribution in [0.2, 0.25) is 0 Å². The van der Waals surface area contributed by atoms with Crippen LogP contribution in [0.25, 0.3) is 0 Å². The lowest BCUT2D eigenvalue weighted by molar-refractivity contribution is 0.251. The van der Waals surface area contributed by atoms with E-state index in [1.807, 2.05) is 0 Å². The zero-order valence-corrected chi connectivity index (χ0v) is 9.94. The molecule has 2 rings (SSSR count). The summed E-state index contributed by atoms with van der Waals surface area (Å²) in [5.41, 5.74) is 0.577. The highest BCUT2D eigenvalue weighted by Gasteiger charge is 2.23. The number of hydrogen-bond donors (Lipinski definition) is 3. The lowest BCUT2D eigenvalue weighted by Crippen LogP contribution is -2.30. The minimum atomic E-state index is -0.231. The standard InChI is InChI=1S/C13H15N3O2/c17-9-2-1-4-10-5-3-6-12(14-10)16-13(18)15-11-7-8-11/h3,5-6,11,17H,2,7-9H2,(H2,14,15,16,18). The van der Waals surface area contributed by atoms with Crippen molar-refractivity contribution in [2.24, 2.45) is 0 Å². The fourth-order valence-electron chi connectivity index (χ4n) is 1.35. The van der Waals surface area contributed by atoms with E-state index in [2.05, 4.69) is 27.5 Å². The first-order valence-corrected chi connectivity index (χ1v) is 5.92. The highest BCUT2D eigenvalue weighted by atomic mass is 16.2. The summed E-state index contributed by atoms with van der Waals surface area (Å²) in [6.07, 6.45) is 2.52. The fraction of sp³-hybridized carbons (Fsp3) is 0.385. The topological polar surface area (TPSA) is 74.2 Å². The Hall–Kier alpha value is -2.06. The number of urea groups is 1. The van der Waals surface area contributed by atoms with Gasteiger partial charge in [0.2, 0.25) is 0 Å². The molecule has 1 fully saturated rings. The summed E-state index contributed by atoms with van der Waals surface area (Å²) in [4.78, 5) is 15.7. The van der Waals surface area contributed by atoms with E-state index in [0.29, 0.717) is 24.0 Å². The van der Waals surface area contributed by atoms with E-state index in [-0.39, 0.29) is 12.6 Å². The molecule has 1 heterocycles. The van der Waals surface area contributed by atoms with Crippen molar-refractivity contribution < 1.29 is 9.90 Å². The highest BCUT2D eigenvalue weighted by Crippen LogP contribution is 2.18. The van der Waals surface area contributed by atoms with Gasteiger partial charge in [0, 0.05) is 12.5 Å². The Morgan fingerprint density at radius 2 is 2.33 bits per heavy atom. The summed E-state index contributed by atoms with van der Waals surface area (Å²) in [5.74, 6) is 6.08. The Balaban J connectivity index is 1.93. The number of hydrogen-bond acceptors (Lipinski definition) is 3. The predicted octanol–water partition coefficient (Wildman–Crippen LogP) is 1.10. The van der Waals surface area contributed by atoms with Gasteiger partial charge in [-0.1, -0.05) is 12.0 Å². The summed E-state index contributed by atoms with van der Waals surface area (Å²) < 4.78 is 0. The van der Waals surface area contributed by atoms with Crippen molar-refractivity contribution in [3.63, 3.8) is 0 Å². The third-order valence-corrected chi connectivity index (χ3v) is 2.36. The Kier molecular flexibility index (Phi) is 4.15. The van der Waals surface area contributed by atoms with Gasteiger partial charge in [0.05, 0.1) is 6.61 Å². The van der Waals surface area contributed by atoms with Crippen LogP contribution in [0.4, 0.5) is 10.6 Å². The second-order valence-electron chi connectivity index (χ2n) is 4.06. The van der Waals surface area contributed by atoms with Crippen molar-refractivity contribution >= 4 is 11.8 Å². The summed E-state index contributed by atoms with van der Waals surface area (Å²) in [5, 5.41) is 14.1. The Morgan fingerprint density at radius 3 is 3.06 bits per heavy atom. The zero-order valence-electron chi connectivity index (χ0n) is 9.94. The molecule has 3 N–H and O–H groups in total. The Bertz CT molecular complexity index is 486. The highest BCUT2D eigenvalue weighted by molar-refractivity contribution is 5.88. The van der Waals surface area contributed by atoms with Crippen molar-refractivity contribution in [3.8, 4) is 11.8 Å². The minimum absolute atomic E-state index is 0.0364. The smallest absolute Gasteiger partial charge is 0.320 e. The second kappa shape index (κ2) is 6.03. The summed E-state index contributed by atoms with van der Waals surface area (Å²) in [6.45, 7) is 0.0364. The molecule has 0 saturated heterocycles. The quantitative estimate of drug-likeness (QED) is 0.698. The molecule has 5 heteroatoms. The summed E-state index contributed by atoms with van der Waals surface area (Å²) >= 11 is 0. The van der Waals surface area contributed by atoms with Crippen LogP contribution in [0.1, 0.15) is 25.0 Å². The first kappa shape index (κ1) is 12.4. The molecule has 0 aliphatic heterocycles. The van der Waals surface area contributed by atoms with Crippen LogP contribution < -0.4 is 10.6 Å². The number of nitrogens with zero attached hydrogens (tertiary/aromatic N) is 1. The SMILES string of the molecule is O=C(Nc1cccc(C#CCCO)n1)NC1CC1. The molecule has 18 heavy (non-hydrogen) atoms. The average molecular weight is 245 g/mol. The van der Waals surface area contributed by atoms with Crippen LogP contribution in [-0.2, 0) is 0 Å². The van der Waals surface area contributed by atoms with Crippen LogP contribution in [0.15, 0.2) is 18.2 Å². The minimum Gasteiger partial charge on any atom is -0.395 e. The molecule has 1 aromatic rings. The van der Waals surface area contributed by atoms with Crippen molar-refractivity contribution in [1.82, 2.24) is 10.3 Å². The van der Waals surface area contributed by atoms with Gasteiger partial charge in [-0.05, 0) is 30.9 Å². The maximum Gasteiger partial charge on any atom is 0.320 e. The average Bonchev–Trinajstić information content (AvgIpc) is 3.13. The number of anilines is 1. The molecular formula is C13H15N3O2. The molecule has 0 atom stereocenters. The molecule has 1 aliphatic rings. The number of carbonyl (C=O) groups is 1. The first-order chi connectivity index (χ1) is 8.78. The maximum absolute atomic E-state index is 11.5. The van der Waals surface area contributed by atoms with E-state index >= 15 is 0 Å². The van der Waals surface area contributed by atoms with Crippen molar-refractivity contribution in [2.75, 3.05) is 11.9 Å². The molecule has 0 unspecified atom stereocenters. The Labute approximate surface area is 106 Å². The van der Waals surface area contributed by atoms with Crippen molar-refractivity contribution in [2.45, 2.75) is 25.3 Å². The maximum atomic E-state index is 11.5. The number of amides is 2. The fourth-order valence-corrected chi connectivity index (χ4v) is 1.35. The molecular weight excluding hydrogens is 230 g/mol. The lowest BCUT2D eigenvalue weighted by atomic mass is 10.3. The van der Waals surface area contributed by atoms with Gasteiger partial charge in [0.1, 0.15) is 11.5 Å². The Morgan fingerprint density at radius 1 is 1.50 bits per heavy atom. The molecule has 0 radical (unpaired) electrons. The van der Waals surface area contributed by atoms with E-state index < -0.39 is 0 Å². The third kappa shape index (κ3) is 4.07. The van der Waals surface area contributed by atoms with Crippen molar-refractivity contribution in [1.29, 1.82) is 0 Å². The number of aromatic nitrogens is 1. The van der Waals surface area contributed by atoms with Crippen LogP contribution in [-0.4, -0.2) is 28.8 Å². The second-order valence-corrected chi connectivity index (χ2v) is 4.06. The monoisotopic (exact) mass is 245 g/mol. The molecule has 94 valence electrons. The van der Waals surface area contributed by atoms with E-state index in [0.717, 1.165) is 12.8 Å². The first-order valence-electron chi connectivity index (χ1n) is 5.92. The molecule has 1 aromatic heterocycles. The number of rotatable bonds is 3. The van der Waals surface area contributed by atoms with Gasteiger partial charge in [-0.3, -0.25) is 5.32 Å². The lowest BCUT2D eigenvalue weighted by Gasteiger charge is -2.05. The van der Waals surface area contributed by atoms with Gasteiger partial charge in [-0.2, -0.15) is 0 Å². The van der Waals surface area contributed by atoms with Gasteiger partial charge in [0.25, 0.3) is 0 Å². The number of aliphatic hydroxyl groups excluding tert-OH is 1. The zero-order chi connectivity index (χ0) is 12.8. The van der Waals surface area contributed by atoms with E-state index in [1.54, 1.807) is 18.2 Å². The predicted molar refractivity (Wildman–Crippen MR) is 68.0 cm³/mol. The van der Waals surface area contributed by atoms with E-state index in [9.17, 15) is 4.79 Å². The van der Waals surface area contributed by atoms with Gasteiger partial charge >= 0.3 is 6.03 Å². The van der Waals surface area contributed by atoms with Crippen LogP contribution in [0.3, 0.4) is 0 Å². The largest absolute Gasteiger partial charge is 0.395 e. The van der Waals surface area contributed by atoms with E-state index in [4.69, 9.17) is 5.11 Å². The number of pyridine rings is 1. The molecule has 0 spiro atoms. The van der Waals surface area contributed by atoms with Crippen molar-refractivity contribution in [3.05, 3.63) is 23.9 Å².